The maximum Gasteiger partial charge on any atom is 0.251 e. The molecular formula is C15H22N2O3. The molecule has 110 valence electrons. The summed E-state index contributed by atoms with van der Waals surface area (Å²) in [6.07, 6.45) is 4.15. The Kier molecular flexibility index (Phi) is 4.49. The Morgan fingerprint density at radius 3 is 2.70 bits per heavy atom. The van der Waals surface area contributed by atoms with E-state index >= 15 is 0 Å². The predicted octanol–water partition coefficient (Wildman–Crippen LogP) is 1.56. The second-order valence-corrected chi connectivity index (χ2v) is 5.54. The molecule has 0 aliphatic heterocycles. The van der Waals surface area contributed by atoms with Crippen LogP contribution in [0.15, 0.2) is 18.2 Å². The number of anilines is 1. The molecule has 1 amide bonds. The van der Waals surface area contributed by atoms with Gasteiger partial charge in [-0.1, -0.05) is 12.8 Å². The average molecular weight is 278 g/mol. The van der Waals surface area contributed by atoms with Gasteiger partial charge in [-0.05, 0) is 25.0 Å². The molecule has 5 heteroatoms. The van der Waals surface area contributed by atoms with Crippen LogP contribution in [0.4, 0.5) is 5.69 Å². The normalized spacial score (nSPS) is 16.9. The first-order chi connectivity index (χ1) is 9.58. The van der Waals surface area contributed by atoms with Crippen LogP contribution in [-0.2, 0) is 0 Å². The van der Waals surface area contributed by atoms with Crippen molar-refractivity contribution in [2.24, 2.45) is 5.41 Å². The number of nitrogens with one attached hydrogen (secondary N) is 1. The Morgan fingerprint density at radius 2 is 2.10 bits per heavy atom. The number of hydrogen-bond acceptors (Lipinski definition) is 4. The van der Waals surface area contributed by atoms with Gasteiger partial charge in [0, 0.05) is 29.3 Å². The molecule has 2 rings (SSSR count). The first-order valence-electron chi connectivity index (χ1n) is 6.92. The molecular weight excluding hydrogens is 256 g/mol. The molecule has 0 radical (unpaired) electrons. The summed E-state index contributed by atoms with van der Waals surface area (Å²) in [6, 6.07) is 4.95. The highest BCUT2D eigenvalue weighted by Gasteiger charge is 2.33. The van der Waals surface area contributed by atoms with E-state index in [9.17, 15) is 9.90 Å². The summed E-state index contributed by atoms with van der Waals surface area (Å²) >= 11 is 0. The number of nitrogens with two attached hydrogens (primary N) is 1. The van der Waals surface area contributed by atoms with Crippen LogP contribution in [0.5, 0.6) is 5.75 Å². The quantitative estimate of drug-likeness (QED) is 0.714. The van der Waals surface area contributed by atoms with Crippen LogP contribution in [0.25, 0.3) is 0 Å². The van der Waals surface area contributed by atoms with Gasteiger partial charge in [0.15, 0.2) is 0 Å². The van der Waals surface area contributed by atoms with E-state index in [1.54, 1.807) is 18.2 Å². The van der Waals surface area contributed by atoms with E-state index in [0.29, 0.717) is 23.5 Å². The highest BCUT2D eigenvalue weighted by molar-refractivity contribution is 5.95. The van der Waals surface area contributed by atoms with Gasteiger partial charge in [-0.2, -0.15) is 0 Å². The van der Waals surface area contributed by atoms with Crippen LogP contribution in [0, 0.1) is 5.41 Å². The predicted molar refractivity (Wildman–Crippen MR) is 77.7 cm³/mol. The number of nitrogen functional groups attached to an aromatic ring is 1. The minimum atomic E-state index is -0.185. The van der Waals surface area contributed by atoms with Gasteiger partial charge in [-0.3, -0.25) is 4.79 Å². The van der Waals surface area contributed by atoms with Crippen molar-refractivity contribution in [3.8, 4) is 5.75 Å². The van der Waals surface area contributed by atoms with Gasteiger partial charge in [0.05, 0.1) is 13.7 Å². The zero-order valence-corrected chi connectivity index (χ0v) is 11.8. The lowest BCUT2D eigenvalue weighted by Gasteiger charge is -2.26. The fourth-order valence-electron chi connectivity index (χ4n) is 2.76. The lowest BCUT2D eigenvalue weighted by molar-refractivity contribution is 0.0880. The van der Waals surface area contributed by atoms with E-state index in [1.165, 1.54) is 7.11 Å². The summed E-state index contributed by atoms with van der Waals surface area (Å²) in [7, 11) is 1.54. The number of amides is 1. The Bertz CT molecular complexity index is 482. The molecule has 5 nitrogen and oxygen atoms in total. The number of rotatable bonds is 5. The summed E-state index contributed by atoms with van der Waals surface area (Å²) in [5, 5.41) is 12.4. The highest BCUT2D eigenvalue weighted by atomic mass is 16.5. The van der Waals surface area contributed by atoms with Crippen molar-refractivity contribution >= 4 is 11.6 Å². The van der Waals surface area contributed by atoms with Crippen molar-refractivity contribution < 1.29 is 14.6 Å². The molecule has 1 fully saturated rings. The lowest BCUT2D eigenvalue weighted by atomic mass is 9.87. The van der Waals surface area contributed by atoms with Crippen LogP contribution >= 0.6 is 0 Å². The number of methoxy groups -OCH3 is 1. The summed E-state index contributed by atoms with van der Waals surface area (Å²) < 4.78 is 5.10. The maximum absolute atomic E-state index is 12.2. The van der Waals surface area contributed by atoms with E-state index in [0.717, 1.165) is 25.7 Å². The molecule has 0 aromatic heterocycles. The molecule has 1 aromatic rings. The zero-order chi connectivity index (χ0) is 14.6. The fourth-order valence-corrected chi connectivity index (χ4v) is 2.76. The van der Waals surface area contributed by atoms with E-state index in [-0.39, 0.29) is 17.9 Å². The number of hydrogen-bond donors (Lipinski definition) is 3. The maximum atomic E-state index is 12.2. The van der Waals surface area contributed by atoms with Gasteiger partial charge >= 0.3 is 0 Å². The molecule has 0 saturated heterocycles. The fraction of sp³-hybridized carbons (Fsp3) is 0.533. The van der Waals surface area contributed by atoms with Gasteiger partial charge in [-0.25, -0.2) is 0 Å². The topological polar surface area (TPSA) is 84.6 Å². The summed E-state index contributed by atoms with van der Waals surface area (Å²) in [6.45, 7) is 0.618. The summed E-state index contributed by atoms with van der Waals surface area (Å²) in [5.41, 5.74) is 6.56. The molecule has 1 aliphatic carbocycles. The van der Waals surface area contributed by atoms with E-state index in [2.05, 4.69) is 5.32 Å². The Labute approximate surface area is 119 Å². The molecule has 0 spiro atoms. The van der Waals surface area contributed by atoms with E-state index in [4.69, 9.17) is 10.5 Å². The third kappa shape index (κ3) is 3.22. The molecule has 0 atom stereocenters. The standard InChI is InChI=1S/C15H22N2O3/c1-20-13-7-11(6-12(16)8-13)14(19)17-9-15(10-18)4-2-3-5-15/h6-8,18H,2-5,9-10,16H2,1H3,(H,17,19). The molecule has 0 bridgehead atoms. The third-order valence-corrected chi connectivity index (χ3v) is 4.05. The Balaban J connectivity index is 2.03. The van der Waals surface area contributed by atoms with Crippen molar-refractivity contribution in [1.29, 1.82) is 0 Å². The minimum absolute atomic E-state index is 0.119. The number of ether oxygens (including phenoxy) is 1. The van der Waals surface area contributed by atoms with Crippen LogP contribution in [0.2, 0.25) is 0 Å². The number of aliphatic hydroxyl groups is 1. The first kappa shape index (κ1) is 14.7. The van der Waals surface area contributed by atoms with Gasteiger partial charge in [0.1, 0.15) is 5.75 Å². The average Bonchev–Trinajstić information content (AvgIpc) is 2.93. The van der Waals surface area contributed by atoms with Gasteiger partial charge in [-0.15, -0.1) is 0 Å². The van der Waals surface area contributed by atoms with Gasteiger partial charge < -0.3 is 20.9 Å². The van der Waals surface area contributed by atoms with E-state index in [1.807, 2.05) is 0 Å². The molecule has 1 aliphatic rings. The number of benzene rings is 1. The zero-order valence-electron chi connectivity index (χ0n) is 11.8. The van der Waals surface area contributed by atoms with Crippen LogP contribution < -0.4 is 15.8 Å². The largest absolute Gasteiger partial charge is 0.497 e. The number of carbonyl (C=O) groups excluding carboxylic acids is 1. The minimum Gasteiger partial charge on any atom is -0.497 e. The molecule has 20 heavy (non-hydrogen) atoms. The van der Waals surface area contributed by atoms with Crippen molar-refractivity contribution in [2.75, 3.05) is 26.0 Å². The SMILES string of the molecule is COc1cc(N)cc(C(=O)NCC2(CO)CCCC2)c1. The van der Waals surface area contributed by atoms with Crippen LogP contribution in [-0.4, -0.2) is 31.3 Å². The van der Waals surface area contributed by atoms with E-state index < -0.39 is 0 Å². The van der Waals surface area contributed by atoms with Crippen molar-refractivity contribution in [3.63, 3.8) is 0 Å². The molecule has 0 heterocycles. The first-order valence-corrected chi connectivity index (χ1v) is 6.92. The van der Waals surface area contributed by atoms with Gasteiger partial charge in [0.2, 0.25) is 0 Å². The molecule has 4 N–H and O–H groups in total. The van der Waals surface area contributed by atoms with Crippen LogP contribution in [0.1, 0.15) is 36.0 Å². The van der Waals surface area contributed by atoms with Crippen molar-refractivity contribution in [1.82, 2.24) is 5.32 Å². The molecule has 0 unspecified atom stereocenters. The monoisotopic (exact) mass is 278 g/mol. The molecule has 1 aromatic carbocycles. The highest BCUT2D eigenvalue weighted by Crippen LogP contribution is 2.36. The second-order valence-electron chi connectivity index (χ2n) is 5.54. The third-order valence-electron chi connectivity index (χ3n) is 4.05. The van der Waals surface area contributed by atoms with Crippen LogP contribution in [0.3, 0.4) is 0 Å². The lowest BCUT2D eigenvalue weighted by Crippen LogP contribution is -2.38. The Morgan fingerprint density at radius 1 is 1.40 bits per heavy atom. The molecule has 1 saturated carbocycles. The number of aliphatic hydroxyl groups excluding tert-OH is 1. The van der Waals surface area contributed by atoms with Gasteiger partial charge in [0.25, 0.3) is 5.91 Å². The smallest absolute Gasteiger partial charge is 0.251 e. The number of carbonyl (C=O) groups is 1. The summed E-state index contributed by atoms with van der Waals surface area (Å²) in [4.78, 5) is 12.2. The Hall–Kier alpha value is -1.75. The second kappa shape index (κ2) is 6.13. The summed E-state index contributed by atoms with van der Waals surface area (Å²) in [5.74, 6) is 0.378. The van der Waals surface area contributed by atoms with Crippen molar-refractivity contribution in [2.45, 2.75) is 25.7 Å². The van der Waals surface area contributed by atoms with Crippen molar-refractivity contribution in [3.05, 3.63) is 23.8 Å².